The Bertz CT molecular complexity index is 336. The number of rotatable bonds is 8. The van der Waals surface area contributed by atoms with Crippen molar-refractivity contribution in [2.45, 2.75) is 39.2 Å². The molecular formula is C13H22N2OS. The average Bonchev–Trinajstić information content (AvgIpc) is 3.04. The zero-order valence-electron chi connectivity index (χ0n) is 10.7. The third-order valence-electron chi connectivity index (χ3n) is 3.14. The lowest BCUT2D eigenvalue weighted by atomic mass is 10.2. The van der Waals surface area contributed by atoms with Crippen molar-refractivity contribution in [3.8, 4) is 0 Å². The summed E-state index contributed by atoms with van der Waals surface area (Å²) in [6.07, 6.45) is 3.84. The maximum absolute atomic E-state index is 5.60. The van der Waals surface area contributed by atoms with Crippen LogP contribution in [-0.2, 0) is 4.74 Å². The van der Waals surface area contributed by atoms with E-state index in [1.165, 1.54) is 17.7 Å². The quantitative estimate of drug-likeness (QED) is 0.724. The van der Waals surface area contributed by atoms with Crippen molar-refractivity contribution in [3.63, 3.8) is 0 Å². The van der Waals surface area contributed by atoms with Crippen molar-refractivity contribution < 1.29 is 4.74 Å². The number of nitrogens with zero attached hydrogens (tertiary/aromatic N) is 1. The summed E-state index contributed by atoms with van der Waals surface area (Å²) in [6, 6.07) is 0.408. The number of nitrogens with one attached hydrogen (secondary N) is 1. The number of aromatic nitrogens is 1. The first kappa shape index (κ1) is 13.0. The van der Waals surface area contributed by atoms with E-state index in [2.05, 4.69) is 24.1 Å². The Labute approximate surface area is 108 Å². The van der Waals surface area contributed by atoms with Crippen LogP contribution < -0.4 is 5.32 Å². The van der Waals surface area contributed by atoms with Crippen molar-refractivity contribution in [1.29, 1.82) is 0 Å². The van der Waals surface area contributed by atoms with Crippen molar-refractivity contribution in [3.05, 3.63) is 16.1 Å². The van der Waals surface area contributed by atoms with Gasteiger partial charge < -0.3 is 10.1 Å². The molecule has 0 amide bonds. The molecule has 0 radical (unpaired) electrons. The second-order valence-electron chi connectivity index (χ2n) is 4.85. The fourth-order valence-corrected chi connectivity index (χ4v) is 2.68. The summed E-state index contributed by atoms with van der Waals surface area (Å²) < 4.78 is 5.60. The highest BCUT2D eigenvalue weighted by Crippen LogP contribution is 2.28. The number of hydrogen-bond acceptors (Lipinski definition) is 4. The monoisotopic (exact) mass is 254 g/mol. The molecule has 1 atom stereocenters. The highest BCUT2D eigenvalue weighted by molar-refractivity contribution is 7.09. The predicted molar refractivity (Wildman–Crippen MR) is 71.4 cm³/mol. The standard InChI is InChI=1S/C13H22N2OS/c1-10(13-11(2)15-9-17-13)14-6-3-7-16-8-12-4-5-12/h9-10,12,14H,3-8H2,1-2H3. The molecule has 3 nitrogen and oxygen atoms in total. The van der Waals surface area contributed by atoms with Gasteiger partial charge in [-0.05, 0) is 45.6 Å². The molecule has 1 aromatic rings. The Morgan fingerprint density at radius 1 is 1.59 bits per heavy atom. The van der Waals surface area contributed by atoms with Crippen LogP contribution in [0.1, 0.15) is 42.8 Å². The van der Waals surface area contributed by atoms with Crippen LogP contribution in [-0.4, -0.2) is 24.7 Å². The summed E-state index contributed by atoms with van der Waals surface area (Å²) in [7, 11) is 0. The summed E-state index contributed by atoms with van der Waals surface area (Å²) in [5.74, 6) is 0.877. The first-order valence-corrected chi connectivity index (χ1v) is 7.36. The summed E-state index contributed by atoms with van der Waals surface area (Å²) in [6.45, 7) is 7.15. The Balaban J connectivity index is 1.53. The smallest absolute Gasteiger partial charge is 0.0798 e. The highest BCUT2D eigenvalue weighted by atomic mass is 32.1. The Morgan fingerprint density at radius 2 is 2.41 bits per heavy atom. The van der Waals surface area contributed by atoms with Crippen LogP contribution in [0, 0.1) is 12.8 Å². The minimum Gasteiger partial charge on any atom is -0.381 e. The van der Waals surface area contributed by atoms with Crippen molar-refractivity contribution >= 4 is 11.3 Å². The number of ether oxygens (including phenoxy) is 1. The number of thiazole rings is 1. The van der Waals surface area contributed by atoms with Gasteiger partial charge in [-0.25, -0.2) is 4.98 Å². The lowest BCUT2D eigenvalue weighted by molar-refractivity contribution is 0.121. The van der Waals surface area contributed by atoms with Gasteiger partial charge in [-0.2, -0.15) is 0 Å². The largest absolute Gasteiger partial charge is 0.381 e. The summed E-state index contributed by atoms with van der Waals surface area (Å²) in [5.41, 5.74) is 3.07. The molecule has 1 N–H and O–H groups in total. The fraction of sp³-hybridized carbons (Fsp3) is 0.769. The van der Waals surface area contributed by atoms with E-state index in [1.54, 1.807) is 11.3 Å². The van der Waals surface area contributed by atoms with Gasteiger partial charge in [-0.1, -0.05) is 0 Å². The zero-order chi connectivity index (χ0) is 12.1. The molecule has 0 aromatic carbocycles. The molecule has 1 aliphatic rings. The molecule has 1 aliphatic carbocycles. The van der Waals surface area contributed by atoms with E-state index in [9.17, 15) is 0 Å². The summed E-state index contributed by atoms with van der Waals surface area (Å²) in [5, 5.41) is 3.52. The van der Waals surface area contributed by atoms with E-state index in [0.717, 1.165) is 37.8 Å². The number of hydrogen-bond donors (Lipinski definition) is 1. The van der Waals surface area contributed by atoms with Gasteiger partial charge in [0.15, 0.2) is 0 Å². The minimum absolute atomic E-state index is 0.408. The summed E-state index contributed by atoms with van der Waals surface area (Å²) >= 11 is 1.73. The van der Waals surface area contributed by atoms with Crippen LogP contribution in [0.25, 0.3) is 0 Å². The Hall–Kier alpha value is -0.450. The van der Waals surface area contributed by atoms with E-state index >= 15 is 0 Å². The molecule has 1 unspecified atom stereocenters. The van der Waals surface area contributed by atoms with Gasteiger partial charge in [0, 0.05) is 24.1 Å². The Morgan fingerprint density at radius 3 is 3.06 bits per heavy atom. The third-order valence-corrected chi connectivity index (χ3v) is 4.26. The van der Waals surface area contributed by atoms with Gasteiger partial charge in [0.1, 0.15) is 0 Å². The van der Waals surface area contributed by atoms with E-state index < -0.39 is 0 Å². The normalized spacial score (nSPS) is 17.3. The minimum atomic E-state index is 0.408. The maximum Gasteiger partial charge on any atom is 0.0798 e. The lowest BCUT2D eigenvalue weighted by Crippen LogP contribution is -2.21. The van der Waals surface area contributed by atoms with Crippen LogP contribution in [0.15, 0.2) is 5.51 Å². The van der Waals surface area contributed by atoms with Gasteiger partial charge in [-0.3, -0.25) is 0 Å². The molecule has 17 heavy (non-hydrogen) atoms. The second kappa shape index (κ2) is 6.47. The molecule has 4 heteroatoms. The Kier molecular flexibility index (Phi) is 4.95. The zero-order valence-corrected chi connectivity index (χ0v) is 11.6. The maximum atomic E-state index is 5.60. The SMILES string of the molecule is Cc1ncsc1C(C)NCCCOCC1CC1. The van der Waals surface area contributed by atoms with E-state index in [4.69, 9.17) is 4.74 Å². The molecule has 1 fully saturated rings. The van der Waals surface area contributed by atoms with Crippen LogP contribution in [0.5, 0.6) is 0 Å². The second-order valence-corrected chi connectivity index (χ2v) is 5.74. The van der Waals surface area contributed by atoms with Gasteiger partial charge in [0.2, 0.25) is 0 Å². The molecule has 2 rings (SSSR count). The van der Waals surface area contributed by atoms with Crippen molar-refractivity contribution in [2.75, 3.05) is 19.8 Å². The van der Waals surface area contributed by atoms with Crippen LogP contribution in [0.3, 0.4) is 0 Å². The molecular weight excluding hydrogens is 232 g/mol. The van der Waals surface area contributed by atoms with Gasteiger partial charge in [0.25, 0.3) is 0 Å². The number of aryl methyl sites for hydroxylation is 1. The summed E-state index contributed by atoms with van der Waals surface area (Å²) in [4.78, 5) is 5.63. The first-order chi connectivity index (χ1) is 8.27. The van der Waals surface area contributed by atoms with Gasteiger partial charge in [0.05, 0.1) is 11.2 Å². The van der Waals surface area contributed by atoms with Gasteiger partial charge in [-0.15, -0.1) is 11.3 Å². The van der Waals surface area contributed by atoms with Crippen LogP contribution in [0.2, 0.25) is 0 Å². The predicted octanol–water partition coefficient (Wildman–Crippen LogP) is 2.92. The molecule has 0 spiro atoms. The molecule has 1 aromatic heterocycles. The fourth-order valence-electron chi connectivity index (χ4n) is 1.85. The highest BCUT2D eigenvalue weighted by Gasteiger charge is 2.20. The first-order valence-electron chi connectivity index (χ1n) is 6.48. The van der Waals surface area contributed by atoms with Crippen LogP contribution in [0.4, 0.5) is 0 Å². The van der Waals surface area contributed by atoms with E-state index in [1.807, 2.05) is 5.51 Å². The van der Waals surface area contributed by atoms with E-state index in [-0.39, 0.29) is 0 Å². The lowest BCUT2D eigenvalue weighted by Gasteiger charge is -2.12. The van der Waals surface area contributed by atoms with Gasteiger partial charge >= 0.3 is 0 Å². The van der Waals surface area contributed by atoms with Crippen molar-refractivity contribution in [1.82, 2.24) is 10.3 Å². The molecule has 1 saturated carbocycles. The average molecular weight is 254 g/mol. The molecule has 0 aliphatic heterocycles. The molecule has 1 heterocycles. The van der Waals surface area contributed by atoms with Crippen molar-refractivity contribution in [2.24, 2.45) is 5.92 Å². The van der Waals surface area contributed by atoms with E-state index in [0.29, 0.717) is 6.04 Å². The third kappa shape index (κ3) is 4.37. The topological polar surface area (TPSA) is 34.2 Å². The molecule has 0 saturated heterocycles. The van der Waals surface area contributed by atoms with Crippen LogP contribution >= 0.6 is 11.3 Å². The molecule has 0 bridgehead atoms. The molecule has 96 valence electrons.